The van der Waals surface area contributed by atoms with Gasteiger partial charge in [0.2, 0.25) is 0 Å². The largest absolute Gasteiger partial charge is 0.378 e. The van der Waals surface area contributed by atoms with Crippen molar-refractivity contribution in [2.24, 2.45) is 0 Å². The Morgan fingerprint density at radius 3 is 2.54 bits per heavy atom. The van der Waals surface area contributed by atoms with E-state index in [0.717, 1.165) is 43.4 Å². The van der Waals surface area contributed by atoms with Crippen molar-refractivity contribution in [3.8, 4) is 0 Å². The highest BCUT2D eigenvalue weighted by Gasteiger charge is 2.27. The summed E-state index contributed by atoms with van der Waals surface area (Å²) >= 11 is 0. The summed E-state index contributed by atoms with van der Waals surface area (Å²) in [6.07, 6.45) is 8.25. The molecule has 1 N–H and O–H groups in total. The molecule has 1 saturated carbocycles. The maximum atomic E-state index is 12.6. The van der Waals surface area contributed by atoms with E-state index in [0.29, 0.717) is 12.4 Å². The molecule has 1 heterocycles. The number of anilines is 1. The summed E-state index contributed by atoms with van der Waals surface area (Å²) in [4.78, 5) is 8.33. The predicted molar refractivity (Wildman–Crippen MR) is 95.3 cm³/mol. The van der Waals surface area contributed by atoms with Gasteiger partial charge in [-0.05, 0) is 36.6 Å². The second kappa shape index (κ2) is 7.75. The van der Waals surface area contributed by atoms with Crippen LogP contribution in [-0.4, -0.2) is 23.6 Å². The highest BCUT2D eigenvalue weighted by Crippen LogP contribution is 2.26. The standard InChI is InChI=1S/C18H23N3O2S/c22-24(23,17-8-2-1-3-9-17)14-15-6-4-7-16(12-15)21-13-18-19-10-5-11-20-18/h4-7,10-12,17,21H,1-3,8-9,13-14H2. The third kappa shape index (κ3) is 4.54. The molecule has 5 nitrogen and oxygen atoms in total. The predicted octanol–water partition coefficient (Wildman–Crippen LogP) is 3.34. The Hall–Kier alpha value is -1.95. The summed E-state index contributed by atoms with van der Waals surface area (Å²) in [5, 5.41) is 3.08. The van der Waals surface area contributed by atoms with Gasteiger partial charge >= 0.3 is 0 Å². The number of nitrogens with zero attached hydrogens (tertiary/aromatic N) is 2. The first kappa shape index (κ1) is 16.9. The molecule has 3 rings (SSSR count). The van der Waals surface area contributed by atoms with Crippen molar-refractivity contribution >= 4 is 15.5 Å². The van der Waals surface area contributed by atoms with Crippen LogP contribution in [0.1, 0.15) is 43.5 Å². The Morgan fingerprint density at radius 2 is 1.79 bits per heavy atom. The lowest BCUT2D eigenvalue weighted by molar-refractivity contribution is 0.483. The van der Waals surface area contributed by atoms with Crippen LogP contribution in [0.15, 0.2) is 42.7 Å². The SMILES string of the molecule is O=S(=O)(Cc1cccc(NCc2ncccn2)c1)C1CCCCC1. The van der Waals surface area contributed by atoms with Crippen molar-refractivity contribution < 1.29 is 8.42 Å². The zero-order chi connectivity index (χ0) is 16.8. The normalized spacial score (nSPS) is 16.0. The van der Waals surface area contributed by atoms with Gasteiger partial charge in [0.15, 0.2) is 9.84 Å². The average molecular weight is 345 g/mol. The van der Waals surface area contributed by atoms with Crippen LogP contribution in [0.25, 0.3) is 0 Å². The smallest absolute Gasteiger partial charge is 0.157 e. The van der Waals surface area contributed by atoms with Gasteiger partial charge in [-0.3, -0.25) is 0 Å². The molecule has 0 atom stereocenters. The fourth-order valence-electron chi connectivity index (χ4n) is 3.15. The minimum Gasteiger partial charge on any atom is -0.378 e. The fraction of sp³-hybridized carbons (Fsp3) is 0.444. The van der Waals surface area contributed by atoms with Crippen molar-refractivity contribution in [3.05, 3.63) is 54.1 Å². The summed E-state index contributed by atoms with van der Waals surface area (Å²) in [6, 6.07) is 9.38. The van der Waals surface area contributed by atoms with Crippen LogP contribution in [0.5, 0.6) is 0 Å². The highest BCUT2D eigenvalue weighted by molar-refractivity contribution is 7.91. The Kier molecular flexibility index (Phi) is 5.45. The lowest BCUT2D eigenvalue weighted by Gasteiger charge is -2.21. The lowest BCUT2D eigenvalue weighted by Crippen LogP contribution is -2.25. The molecular weight excluding hydrogens is 322 g/mol. The van der Waals surface area contributed by atoms with Gasteiger partial charge in [-0.1, -0.05) is 31.4 Å². The molecule has 128 valence electrons. The van der Waals surface area contributed by atoms with E-state index in [4.69, 9.17) is 0 Å². The van der Waals surface area contributed by atoms with Gasteiger partial charge in [-0.25, -0.2) is 18.4 Å². The molecule has 1 aliphatic rings. The molecule has 0 spiro atoms. The maximum absolute atomic E-state index is 12.6. The first-order valence-electron chi connectivity index (χ1n) is 8.44. The van der Waals surface area contributed by atoms with Gasteiger partial charge in [0.25, 0.3) is 0 Å². The molecule has 1 aromatic carbocycles. The van der Waals surface area contributed by atoms with Gasteiger partial charge < -0.3 is 5.32 Å². The summed E-state index contributed by atoms with van der Waals surface area (Å²) in [5.41, 5.74) is 1.72. The molecule has 6 heteroatoms. The molecule has 1 fully saturated rings. The number of hydrogen-bond donors (Lipinski definition) is 1. The topological polar surface area (TPSA) is 72.0 Å². The van der Waals surface area contributed by atoms with Gasteiger partial charge in [0.05, 0.1) is 17.5 Å². The first-order chi connectivity index (χ1) is 11.6. The molecule has 0 bridgehead atoms. The summed E-state index contributed by atoms with van der Waals surface area (Å²) in [5.74, 6) is 0.826. The van der Waals surface area contributed by atoms with Crippen LogP contribution >= 0.6 is 0 Å². The van der Waals surface area contributed by atoms with Gasteiger partial charge in [0, 0.05) is 18.1 Å². The summed E-state index contributed by atoms with van der Waals surface area (Å²) < 4.78 is 25.2. The Labute approximate surface area is 143 Å². The first-order valence-corrected chi connectivity index (χ1v) is 10.2. The Balaban J connectivity index is 1.64. The molecule has 0 amide bonds. The van der Waals surface area contributed by atoms with Crippen molar-refractivity contribution in [2.45, 2.75) is 49.7 Å². The molecule has 0 radical (unpaired) electrons. The van der Waals surface area contributed by atoms with Gasteiger partial charge in [0.1, 0.15) is 5.82 Å². The number of aromatic nitrogens is 2. The number of sulfone groups is 1. The number of hydrogen-bond acceptors (Lipinski definition) is 5. The zero-order valence-corrected chi connectivity index (χ0v) is 14.5. The van der Waals surface area contributed by atoms with E-state index in [-0.39, 0.29) is 11.0 Å². The lowest BCUT2D eigenvalue weighted by atomic mass is 10.0. The molecule has 0 saturated heterocycles. The average Bonchev–Trinajstić information content (AvgIpc) is 2.62. The van der Waals surface area contributed by atoms with Crippen molar-refractivity contribution in [1.82, 2.24) is 9.97 Å². The summed E-state index contributed by atoms with van der Waals surface area (Å²) in [6.45, 7) is 0.514. The minimum atomic E-state index is -3.07. The van der Waals surface area contributed by atoms with Crippen LogP contribution in [-0.2, 0) is 22.1 Å². The van der Waals surface area contributed by atoms with Crippen LogP contribution in [0, 0.1) is 0 Å². The van der Waals surface area contributed by atoms with E-state index in [1.165, 1.54) is 0 Å². The van der Waals surface area contributed by atoms with Gasteiger partial charge in [-0.2, -0.15) is 0 Å². The molecular formula is C18H23N3O2S. The Morgan fingerprint density at radius 1 is 1.04 bits per heavy atom. The second-order valence-electron chi connectivity index (χ2n) is 6.29. The van der Waals surface area contributed by atoms with E-state index in [9.17, 15) is 8.42 Å². The van der Waals surface area contributed by atoms with Crippen LogP contribution < -0.4 is 5.32 Å². The molecule has 1 aliphatic carbocycles. The molecule has 2 aromatic rings. The minimum absolute atomic E-state index is 0.120. The molecule has 0 unspecified atom stereocenters. The van der Waals surface area contributed by atoms with Crippen molar-refractivity contribution in [1.29, 1.82) is 0 Å². The van der Waals surface area contributed by atoms with Gasteiger partial charge in [-0.15, -0.1) is 0 Å². The van der Waals surface area contributed by atoms with Crippen LogP contribution in [0.2, 0.25) is 0 Å². The fourth-order valence-corrected chi connectivity index (χ4v) is 5.08. The van der Waals surface area contributed by atoms with E-state index in [2.05, 4.69) is 15.3 Å². The van der Waals surface area contributed by atoms with E-state index < -0.39 is 9.84 Å². The highest BCUT2D eigenvalue weighted by atomic mass is 32.2. The van der Waals surface area contributed by atoms with E-state index in [1.54, 1.807) is 18.5 Å². The van der Waals surface area contributed by atoms with Crippen molar-refractivity contribution in [2.75, 3.05) is 5.32 Å². The second-order valence-corrected chi connectivity index (χ2v) is 8.57. The number of nitrogens with one attached hydrogen (secondary N) is 1. The van der Waals surface area contributed by atoms with Crippen LogP contribution in [0.4, 0.5) is 5.69 Å². The number of benzene rings is 1. The van der Waals surface area contributed by atoms with Crippen molar-refractivity contribution in [3.63, 3.8) is 0 Å². The third-order valence-electron chi connectivity index (χ3n) is 4.42. The molecule has 1 aromatic heterocycles. The van der Waals surface area contributed by atoms with E-state index in [1.807, 2.05) is 24.3 Å². The Bertz CT molecular complexity index is 757. The van der Waals surface area contributed by atoms with E-state index >= 15 is 0 Å². The number of rotatable bonds is 6. The molecule has 24 heavy (non-hydrogen) atoms. The third-order valence-corrected chi connectivity index (χ3v) is 6.65. The maximum Gasteiger partial charge on any atom is 0.157 e. The van der Waals surface area contributed by atoms with Crippen LogP contribution in [0.3, 0.4) is 0 Å². The quantitative estimate of drug-likeness (QED) is 0.869. The monoisotopic (exact) mass is 345 g/mol. The molecule has 0 aliphatic heterocycles. The zero-order valence-electron chi connectivity index (χ0n) is 13.7. The summed E-state index contributed by atoms with van der Waals surface area (Å²) in [7, 11) is -3.07.